The maximum atomic E-state index is 6.25. The van der Waals surface area contributed by atoms with E-state index in [0.29, 0.717) is 59.9 Å². The number of hydrogen-bond donors (Lipinski definition) is 2. The van der Waals surface area contributed by atoms with E-state index >= 15 is 0 Å². The predicted molar refractivity (Wildman–Crippen MR) is 177 cm³/mol. The molecule has 0 N–H and O–H groups in total. The van der Waals surface area contributed by atoms with E-state index in [1.165, 1.54) is 0 Å². The van der Waals surface area contributed by atoms with Crippen molar-refractivity contribution in [1.29, 1.82) is 0 Å². The van der Waals surface area contributed by atoms with Crippen LogP contribution in [0.2, 0.25) is 0 Å². The summed E-state index contributed by atoms with van der Waals surface area (Å²) in [4.78, 5) is 1.40. The Kier molecular flexibility index (Phi) is 15.3. The predicted octanol–water partition coefficient (Wildman–Crippen LogP) is 10.1. The lowest BCUT2D eigenvalue weighted by Gasteiger charge is -2.19. The molecule has 6 heteroatoms. The Hall–Kier alpha value is -1.92. The summed E-state index contributed by atoms with van der Waals surface area (Å²) >= 11 is 10.0. The first kappa shape index (κ1) is 34.3. The summed E-state index contributed by atoms with van der Waals surface area (Å²) in [5.41, 5.74) is 1.69. The number of thiol groups is 2. The standard InChI is InChI=1S/C34H52O4S2/c1-23(2)13-17-35-27-9-11-31(37-19-15-25(5)6)29(21-27)33(39)34(40)30-22-28(36-18-14-24(3)4)10-12-32(30)38-20-16-26(7)8/h9-12,21-26,39-40H,13-20H2,1-8H3/b34-33-. The third-order valence-corrected chi connectivity index (χ3v) is 7.58. The van der Waals surface area contributed by atoms with Crippen LogP contribution in [0.25, 0.3) is 9.81 Å². The molecule has 0 amide bonds. The van der Waals surface area contributed by atoms with E-state index in [1.54, 1.807) is 0 Å². The molecular weight excluding hydrogens is 537 g/mol. The second-order valence-electron chi connectivity index (χ2n) is 12.1. The zero-order valence-electron chi connectivity index (χ0n) is 26.0. The van der Waals surface area contributed by atoms with Gasteiger partial charge in [0.2, 0.25) is 0 Å². The lowest BCUT2D eigenvalue weighted by Crippen LogP contribution is -2.05. The van der Waals surface area contributed by atoms with Crippen LogP contribution in [-0.4, -0.2) is 26.4 Å². The third-order valence-electron chi connectivity index (χ3n) is 6.47. The lowest BCUT2D eigenvalue weighted by atomic mass is 10.1. The molecule has 0 spiro atoms. The van der Waals surface area contributed by atoms with Crippen LogP contribution in [0.5, 0.6) is 23.0 Å². The summed E-state index contributed by atoms with van der Waals surface area (Å²) in [6.07, 6.45) is 3.91. The van der Waals surface area contributed by atoms with E-state index in [2.05, 4.69) is 55.4 Å². The number of benzene rings is 2. The maximum absolute atomic E-state index is 6.25. The molecule has 0 saturated carbocycles. The molecule has 40 heavy (non-hydrogen) atoms. The zero-order valence-corrected chi connectivity index (χ0v) is 27.7. The molecule has 0 aromatic heterocycles. The first-order chi connectivity index (χ1) is 19.0. The van der Waals surface area contributed by atoms with Gasteiger partial charge in [0.25, 0.3) is 0 Å². The van der Waals surface area contributed by atoms with Crippen molar-refractivity contribution in [2.75, 3.05) is 26.4 Å². The van der Waals surface area contributed by atoms with Crippen molar-refractivity contribution in [3.63, 3.8) is 0 Å². The van der Waals surface area contributed by atoms with Crippen LogP contribution in [-0.2, 0) is 0 Å². The molecule has 0 unspecified atom stereocenters. The second kappa shape index (κ2) is 17.8. The van der Waals surface area contributed by atoms with Gasteiger partial charge in [-0.3, -0.25) is 0 Å². The monoisotopic (exact) mass is 588 g/mol. The topological polar surface area (TPSA) is 36.9 Å². The van der Waals surface area contributed by atoms with Gasteiger partial charge in [-0.25, -0.2) is 0 Å². The zero-order chi connectivity index (χ0) is 29.7. The first-order valence-corrected chi connectivity index (χ1v) is 15.8. The normalized spacial score (nSPS) is 12.3. The van der Waals surface area contributed by atoms with Crippen LogP contribution in [0.1, 0.15) is 92.2 Å². The molecule has 0 aliphatic heterocycles. The molecule has 0 heterocycles. The molecule has 2 rings (SSSR count). The lowest BCUT2D eigenvalue weighted by molar-refractivity contribution is 0.281. The Morgan fingerprint density at radius 1 is 0.500 bits per heavy atom. The first-order valence-electron chi connectivity index (χ1n) is 14.9. The van der Waals surface area contributed by atoms with Crippen molar-refractivity contribution < 1.29 is 18.9 Å². The largest absolute Gasteiger partial charge is 0.494 e. The Bertz CT molecular complexity index is 976. The number of hydrogen-bond acceptors (Lipinski definition) is 6. The van der Waals surface area contributed by atoms with Crippen LogP contribution in [0.3, 0.4) is 0 Å². The van der Waals surface area contributed by atoms with Gasteiger partial charge in [0.15, 0.2) is 0 Å². The Morgan fingerprint density at radius 3 is 1.10 bits per heavy atom. The third kappa shape index (κ3) is 12.3. The van der Waals surface area contributed by atoms with E-state index in [9.17, 15) is 0 Å². The molecule has 0 aliphatic carbocycles. The summed E-state index contributed by atoms with van der Waals surface area (Å²) in [6.45, 7) is 20.2. The fraction of sp³-hybridized carbons (Fsp3) is 0.588. The highest BCUT2D eigenvalue weighted by atomic mass is 32.1. The summed E-state index contributed by atoms with van der Waals surface area (Å²) in [6, 6.07) is 11.9. The highest BCUT2D eigenvalue weighted by Crippen LogP contribution is 2.42. The Morgan fingerprint density at radius 2 is 0.800 bits per heavy atom. The smallest absolute Gasteiger partial charge is 0.127 e. The summed E-state index contributed by atoms with van der Waals surface area (Å²) in [7, 11) is 0. The van der Waals surface area contributed by atoms with Crippen molar-refractivity contribution in [3.8, 4) is 23.0 Å². The Balaban J connectivity index is 2.49. The number of ether oxygens (including phenoxy) is 4. The van der Waals surface area contributed by atoms with Crippen LogP contribution in [0.4, 0.5) is 0 Å². The molecule has 4 nitrogen and oxygen atoms in total. The van der Waals surface area contributed by atoms with Crippen molar-refractivity contribution in [2.24, 2.45) is 23.7 Å². The minimum Gasteiger partial charge on any atom is -0.494 e. The van der Waals surface area contributed by atoms with Gasteiger partial charge in [0.05, 0.1) is 26.4 Å². The quantitative estimate of drug-likeness (QED) is 0.134. The molecule has 0 saturated heterocycles. The van der Waals surface area contributed by atoms with Gasteiger partial charge in [-0.1, -0.05) is 55.4 Å². The van der Waals surface area contributed by atoms with Gasteiger partial charge >= 0.3 is 0 Å². The molecule has 2 aromatic rings. The van der Waals surface area contributed by atoms with Crippen LogP contribution < -0.4 is 18.9 Å². The average molecular weight is 589 g/mol. The van der Waals surface area contributed by atoms with Crippen LogP contribution in [0.15, 0.2) is 36.4 Å². The summed E-state index contributed by atoms with van der Waals surface area (Å²) in [5, 5.41) is 0. The van der Waals surface area contributed by atoms with Gasteiger partial charge in [-0.05, 0) is 85.8 Å². The van der Waals surface area contributed by atoms with Crippen molar-refractivity contribution in [2.45, 2.75) is 81.1 Å². The molecule has 0 radical (unpaired) electrons. The van der Waals surface area contributed by atoms with E-state index < -0.39 is 0 Å². The molecule has 2 aromatic carbocycles. The molecular formula is C34H52O4S2. The SMILES string of the molecule is CC(C)CCOc1ccc(OCCC(C)C)c(/C(S)=C(/S)c2cc(OCCC(C)C)ccc2OCCC(C)C)c1. The molecule has 0 aliphatic rings. The van der Waals surface area contributed by atoms with Crippen molar-refractivity contribution >= 4 is 35.1 Å². The maximum Gasteiger partial charge on any atom is 0.127 e. The summed E-state index contributed by atoms with van der Waals surface area (Å²) < 4.78 is 24.7. The molecule has 0 bridgehead atoms. The van der Waals surface area contributed by atoms with Gasteiger partial charge in [-0.15, -0.1) is 25.3 Å². The minimum absolute atomic E-state index is 0.553. The van der Waals surface area contributed by atoms with E-state index in [1.807, 2.05) is 36.4 Å². The van der Waals surface area contributed by atoms with Gasteiger partial charge in [-0.2, -0.15) is 0 Å². The minimum atomic E-state index is 0.553. The van der Waals surface area contributed by atoms with Gasteiger partial charge < -0.3 is 18.9 Å². The van der Waals surface area contributed by atoms with E-state index in [4.69, 9.17) is 44.2 Å². The van der Waals surface area contributed by atoms with Crippen molar-refractivity contribution in [1.82, 2.24) is 0 Å². The van der Waals surface area contributed by atoms with Crippen LogP contribution in [0, 0.1) is 23.7 Å². The van der Waals surface area contributed by atoms with E-state index in [-0.39, 0.29) is 0 Å². The van der Waals surface area contributed by atoms with Crippen LogP contribution >= 0.6 is 25.3 Å². The molecule has 224 valence electrons. The second-order valence-corrected chi connectivity index (χ2v) is 13.0. The fourth-order valence-electron chi connectivity index (χ4n) is 3.71. The highest BCUT2D eigenvalue weighted by molar-refractivity contribution is 7.96. The highest BCUT2D eigenvalue weighted by Gasteiger charge is 2.17. The average Bonchev–Trinajstić information content (AvgIpc) is 2.88. The molecule has 0 atom stereocenters. The van der Waals surface area contributed by atoms with Crippen molar-refractivity contribution in [3.05, 3.63) is 47.5 Å². The van der Waals surface area contributed by atoms with Gasteiger partial charge in [0, 0.05) is 20.9 Å². The molecule has 0 fully saturated rings. The van der Waals surface area contributed by atoms with E-state index in [0.717, 1.165) is 59.8 Å². The Labute approximate surface area is 255 Å². The summed E-state index contributed by atoms with van der Waals surface area (Å²) in [5.74, 6) is 5.37. The number of rotatable bonds is 18. The van der Waals surface area contributed by atoms with Gasteiger partial charge in [0.1, 0.15) is 23.0 Å². The fourth-order valence-corrected chi connectivity index (χ4v) is 4.30.